The smallest absolute Gasteiger partial charge is 0.0665 e. The molecule has 0 aromatic rings. The third-order valence-electron chi connectivity index (χ3n) is 9.90. The highest BCUT2D eigenvalue weighted by molar-refractivity contribution is 5.07. The Labute approximate surface area is 188 Å². The van der Waals surface area contributed by atoms with Crippen LogP contribution in [0.1, 0.15) is 77.0 Å². The van der Waals surface area contributed by atoms with Crippen molar-refractivity contribution < 1.29 is 14.2 Å². The Hall–Kier alpha value is -0.200. The molecule has 7 rings (SSSR count). The first kappa shape index (κ1) is 21.3. The van der Waals surface area contributed by atoms with Gasteiger partial charge in [-0.15, -0.1) is 0 Å². The minimum atomic E-state index is 0.0795. The predicted octanol–water partition coefficient (Wildman–Crippen LogP) is 3.75. The topological polar surface area (TPSA) is 43.0 Å². The number of rotatable bonds is 0. The lowest BCUT2D eigenvalue weighted by Crippen LogP contribution is -2.70. The second-order valence-electron chi connectivity index (χ2n) is 11.9. The van der Waals surface area contributed by atoms with E-state index in [1.54, 1.807) is 0 Å². The summed E-state index contributed by atoms with van der Waals surface area (Å²) in [5, 5.41) is 3.92. The summed E-state index contributed by atoms with van der Waals surface area (Å²) in [5.74, 6) is 1.68. The van der Waals surface area contributed by atoms with Crippen LogP contribution in [-0.2, 0) is 14.2 Å². The Morgan fingerprint density at radius 1 is 0.839 bits per heavy atom. The summed E-state index contributed by atoms with van der Waals surface area (Å²) >= 11 is 0. The fourth-order valence-corrected chi connectivity index (χ4v) is 7.80. The van der Waals surface area contributed by atoms with Crippen LogP contribution >= 0.6 is 0 Å². The largest absolute Gasteiger partial charge is 0.378 e. The Morgan fingerprint density at radius 3 is 2.52 bits per heavy atom. The first-order valence-corrected chi connectivity index (χ1v) is 13.6. The maximum atomic E-state index is 6.84. The van der Waals surface area contributed by atoms with Gasteiger partial charge in [-0.3, -0.25) is 4.90 Å². The zero-order chi connectivity index (χ0) is 20.7. The minimum Gasteiger partial charge on any atom is -0.378 e. The molecule has 7 fully saturated rings. The van der Waals surface area contributed by atoms with Crippen molar-refractivity contribution in [3.63, 3.8) is 0 Å². The van der Waals surface area contributed by atoms with Gasteiger partial charge in [0.15, 0.2) is 0 Å². The predicted molar refractivity (Wildman–Crippen MR) is 121 cm³/mol. The highest BCUT2D eigenvalue weighted by Crippen LogP contribution is 2.49. The molecule has 1 N–H and O–H groups in total. The Bertz CT molecular complexity index is 604. The minimum absolute atomic E-state index is 0.0795. The highest BCUT2D eigenvalue weighted by Gasteiger charge is 2.52. The van der Waals surface area contributed by atoms with Gasteiger partial charge in [0.2, 0.25) is 0 Å². The van der Waals surface area contributed by atoms with E-state index in [4.69, 9.17) is 14.2 Å². The summed E-state index contributed by atoms with van der Waals surface area (Å²) < 4.78 is 19.6. The third kappa shape index (κ3) is 4.35. The zero-order valence-corrected chi connectivity index (χ0v) is 19.5. The van der Waals surface area contributed by atoms with E-state index in [-0.39, 0.29) is 5.54 Å². The van der Waals surface area contributed by atoms with E-state index >= 15 is 0 Å². The molecule has 7 aliphatic rings. The van der Waals surface area contributed by atoms with Crippen molar-refractivity contribution in [1.29, 1.82) is 0 Å². The molecule has 3 saturated carbocycles. The van der Waals surface area contributed by atoms with Crippen LogP contribution in [0.5, 0.6) is 0 Å². The molecule has 5 heteroatoms. The van der Waals surface area contributed by atoms with E-state index < -0.39 is 0 Å². The number of nitrogens with one attached hydrogen (secondary N) is 1. The van der Waals surface area contributed by atoms with Gasteiger partial charge < -0.3 is 19.5 Å². The lowest BCUT2D eigenvalue weighted by molar-refractivity contribution is -0.113. The molecule has 4 atom stereocenters. The quantitative estimate of drug-likeness (QED) is 0.631. The van der Waals surface area contributed by atoms with Gasteiger partial charge in [-0.25, -0.2) is 0 Å². The summed E-state index contributed by atoms with van der Waals surface area (Å²) in [6, 6.07) is 0.433. The van der Waals surface area contributed by atoms with Crippen LogP contribution in [0.15, 0.2) is 0 Å². The van der Waals surface area contributed by atoms with E-state index in [1.165, 1.54) is 90.1 Å². The van der Waals surface area contributed by atoms with Crippen molar-refractivity contribution in [1.82, 2.24) is 10.2 Å². The van der Waals surface area contributed by atoms with Gasteiger partial charge in [0.1, 0.15) is 0 Å². The highest BCUT2D eigenvalue weighted by atomic mass is 16.5. The number of piperidine rings is 1. The summed E-state index contributed by atoms with van der Waals surface area (Å²) in [5.41, 5.74) is 0.480. The molecule has 0 aromatic heterocycles. The molecule has 176 valence electrons. The molecule has 0 amide bonds. The van der Waals surface area contributed by atoms with Crippen molar-refractivity contribution in [2.45, 2.75) is 101 Å². The first-order chi connectivity index (χ1) is 15.3. The number of morpholine rings is 1. The van der Waals surface area contributed by atoms with E-state index in [9.17, 15) is 0 Å². The second-order valence-corrected chi connectivity index (χ2v) is 11.9. The van der Waals surface area contributed by atoms with E-state index in [1.807, 2.05) is 0 Å². The molecule has 0 radical (unpaired) electrons. The molecular weight excluding hydrogens is 388 g/mol. The van der Waals surface area contributed by atoms with Crippen LogP contribution in [0.3, 0.4) is 0 Å². The second kappa shape index (κ2) is 8.87. The molecule has 4 aliphatic heterocycles. The molecule has 2 bridgehead atoms. The lowest BCUT2D eigenvalue weighted by atomic mass is 9.71. The Balaban J connectivity index is 1.24. The third-order valence-corrected chi connectivity index (χ3v) is 9.90. The fraction of sp³-hybridized carbons (Fsp3) is 1.00. The average molecular weight is 433 g/mol. The molecule has 4 heterocycles. The van der Waals surface area contributed by atoms with Crippen molar-refractivity contribution >= 4 is 0 Å². The van der Waals surface area contributed by atoms with Crippen molar-refractivity contribution in [3.8, 4) is 0 Å². The normalized spacial score (nSPS) is 46.3. The molecule has 2 spiro atoms. The summed E-state index contributed by atoms with van der Waals surface area (Å²) in [4.78, 5) is 2.79. The standard InChI is InChI=1S/C26H44N2O3/c1-2-5-23-22(4-1)20-6-8-21(9-7-20)30-16-24-26(19-29-15-13-27-26)10-3-14-28(24)17-25(11-12-25)18-31-23/h20-24,27H,1-19H2/t20?,21?,22?,23?,24-,26+/m1/s1. The number of hydrogen-bond acceptors (Lipinski definition) is 5. The van der Waals surface area contributed by atoms with Gasteiger partial charge in [0.05, 0.1) is 50.2 Å². The van der Waals surface area contributed by atoms with Crippen molar-refractivity contribution in [3.05, 3.63) is 0 Å². The Kier molecular flexibility index (Phi) is 6.10. The molecule has 3 aliphatic carbocycles. The summed E-state index contributed by atoms with van der Waals surface area (Å²) in [7, 11) is 0. The van der Waals surface area contributed by atoms with Gasteiger partial charge in [-0.2, -0.15) is 0 Å². The van der Waals surface area contributed by atoms with Crippen molar-refractivity contribution in [2.75, 3.05) is 46.1 Å². The van der Waals surface area contributed by atoms with Crippen LogP contribution in [-0.4, -0.2) is 74.8 Å². The fourth-order valence-electron chi connectivity index (χ4n) is 7.80. The maximum absolute atomic E-state index is 6.84. The maximum Gasteiger partial charge on any atom is 0.0665 e. The van der Waals surface area contributed by atoms with Crippen LogP contribution in [0, 0.1) is 17.3 Å². The van der Waals surface area contributed by atoms with Gasteiger partial charge in [-0.1, -0.05) is 12.8 Å². The van der Waals surface area contributed by atoms with Gasteiger partial charge in [-0.05, 0) is 82.6 Å². The van der Waals surface area contributed by atoms with E-state index in [0.717, 1.165) is 44.8 Å². The summed E-state index contributed by atoms with van der Waals surface area (Å²) in [6.45, 7) is 6.93. The number of hydrogen-bond donors (Lipinski definition) is 1. The molecule has 5 nitrogen and oxygen atoms in total. The van der Waals surface area contributed by atoms with Crippen LogP contribution in [0.25, 0.3) is 0 Å². The van der Waals surface area contributed by atoms with Gasteiger partial charge >= 0.3 is 0 Å². The Morgan fingerprint density at radius 2 is 1.71 bits per heavy atom. The van der Waals surface area contributed by atoms with Crippen molar-refractivity contribution in [2.24, 2.45) is 17.3 Å². The number of fused-ring (bicyclic) bond motifs is 4. The zero-order valence-electron chi connectivity index (χ0n) is 19.5. The molecule has 4 saturated heterocycles. The van der Waals surface area contributed by atoms with Gasteiger partial charge in [0.25, 0.3) is 0 Å². The van der Waals surface area contributed by atoms with E-state index in [2.05, 4.69) is 10.2 Å². The first-order valence-electron chi connectivity index (χ1n) is 13.6. The monoisotopic (exact) mass is 432 g/mol. The van der Waals surface area contributed by atoms with Gasteiger partial charge in [0, 0.05) is 18.5 Å². The molecule has 0 aromatic carbocycles. The average Bonchev–Trinajstić information content (AvgIpc) is 3.58. The number of nitrogens with zero attached hydrogens (tertiary/aromatic N) is 1. The van der Waals surface area contributed by atoms with Crippen LogP contribution < -0.4 is 5.32 Å². The SMILES string of the molecule is C1CCC2C3CCC(CC3)OC[C@H]3N(CCC[C@]34COCCN4)CC3(CC3)COC2C1. The van der Waals surface area contributed by atoms with Crippen LogP contribution in [0.4, 0.5) is 0 Å². The van der Waals surface area contributed by atoms with Crippen LogP contribution in [0.2, 0.25) is 0 Å². The summed E-state index contributed by atoms with van der Waals surface area (Å²) in [6.07, 6.45) is 16.8. The molecule has 31 heavy (non-hydrogen) atoms. The molecule has 2 unspecified atom stereocenters. The molecular formula is C26H44N2O3. The van der Waals surface area contributed by atoms with E-state index in [0.29, 0.717) is 23.7 Å². The number of ether oxygens (including phenoxy) is 3. The lowest BCUT2D eigenvalue weighted by Gasteiger charge is -2.53.